The molecule has 0 heterocycles. The van der Waals surface area contributed by atoms with Crippen molar-refractivity contribution < 1.29 is 14.0 Å². The fraction of sp³-hybridized carbons (Fsp3) is 0.588. The number of amides is 1. The summed E-state index contributed by atoms with van der Waals surface area (Å²) < 4.78 is 11.4. The lowest BCUT2D eigenvalue weighted by Gasteiger charge is -2.36. The van der Waals surface area contributed by atoms with Crippen molar-refractivity contribution >= 4 is 25.8 Å². The van der Waals surface area contributed by atoms with Crippen LogP contribution >= 0.6 is 0 Å². The average molecular weight is 339 g/mol. The van der Waals surface area contributed by atoms with Crippen molar-refractivity contribution in [3.63, 3.8) is 0 Å². The number of carbonyl (C=O) groups is 1. The predicted octanol–water partition coefficient (Wildman–Crippen LogP) is 5.00. The van der Waals surface area contributed by atoms with Gasteiger partial charge in [0, 0.05) is 5.69 Å². The van der Waals surface area contributed by atoms with E-state index in [1.807, 2.05) is 20.8 Å². The van der Waals surface area contributed by atoms with Gasteiger partial charge in [0.2, 0.25) is 0 Å². The summed E-state index contributed by atoms with van der Waals surface area (Å²) in [6, 6.07) is 5.25. The molecule has 0 radical (unpaired) electrons. The first-order valence-electron chi connectivity index (χ1n) is 7.80. The highest BCUT2D eigenvalue weighted by molar-refractivity contribution is 6.74. The van der Waals surface area contributed by atoms with E-state index in [0.717, 1.165) is 0 Å². The Balaban J connectivity index is 2.85. The number of nitrogen functional groups attached to an aromatic ring is 1. The van der Waals surface area contributed by atoms with Gasteiger partial charge in [0.15, 0.2) is 0 Å². The smallest absolute Gasteiger partial charge is 0.412 e. The molecule has 1 aromatic carbocycles. The van der Waals surface area contributed by atoms with Crippen LogP contribution in [0.3, 0.4) is 0 Å². The largest absolute Gasteiger partial charge is 0.542 e. The molecule has 0 fully saturated rings. The van der Waals surface area contributed by atoms with Crippen LogP contribution in [0.25, 0.3) is 0 Å². The minimum atomic E-state index is -1.95. The number of hydrogen-bond acceptors (Lipinski definition) is 4. The second-order valence-corrected chi connectivity index (χ2v) is 13.0. The maximum absolute atomic E-state index is 11.8. The van der Waals surface area contributed by atoms with E-state index in [-0.39, 0.29) is 5.04 Å². The number of benzene rings is 1. The summed E-state index contributed by atoms with van der Waals surface area (Å²) in [6.07, 6.45) is -0.505. The molecule has 0 aliphatic carbocycles. The van der Waals surface area contributed by atoms with Gasteiger partial charge in [-0.1, -0.05) is 20.8 Å². The first-order valence-corrected chi connectivity index (χ1v) is 10.7. The van der Waals surface area contributed by atoms with Gasteiger partial charge in [-0.2, -0.15) is 0 Å². The second kappa shape index (κ2) is 6.43. The second-order valence-electron chi connectivity index (χ2n) is 8.24. The summed E-state index contributed by atoms with van der Waals surface area (Å²) in [6.45, 7) is 16.3. The number of nitrogens with two attached hydrogens (primary N) is 1. The van der Waals surface area contributed by atoms with Crippen LogP contribution in [0.4, 0.5) is 16.2 Å². The average Bonchev–Trinajstić information content (AvgIpc) is 2.28. The normalized spacial score (nSPS) is 12.7. The number of carbonyl (C=O) groups excluding carboxylic acids is 1. The molecule has 0 spiro atoms. The Kier molecular flexibility index (Phi) is 5.41. The first-order chi connectivity index (χ1) is 10.2. The van der Waals surface area contributed by atoms with Gasteiger partial charge in [-0.3, -0.25) is 5.32 Å². The molecule has 23 heavy (non-hydrogen) atoms. The zero-order valence-electron chi connectivity index (χ0n) is 15.5. The van der Waals surface area contributed by atoms with Gasteiger partial charge in [-0.15, -0.1) is 0 Å². The molecule has 3 N–H and O–H groups in total. The Morgan fingerprint density at radius 1 is 1.13 bits per heavy atom. The third kappa shape index (κ3) is 5.78. The third-order valence-electron chi connectivity index (χ3n) is 3.83. The van der Waals surface area contributed by atoms with E-state index in [9.17, 15) is 4.79 Å². The lowest BCUT2D eigenvalue weighted by Crippen LogP contribution is -2.44. The monoisotopic (exact) mass is 338 g/mol. The summed E-state index contributed by atoms with van der Waals surface area (Å²) in [5, 5.41) is 2.76. The molecule has 0 aliphatic heterocycles. The van der Waals surface area contributed by atoms with Gasteiger partial charge >= 0.3 is 6.09 Å². The van der Waals surface area contributed by atoms with Gasteiger partial charge in [-0.05, 0) is 57.1 Å². The topological polar surface area (TPSA) is 73.6 Å². The molecule has 1 aromatic rings. The van der Waals surface area contributed by atoms with Crippen LogP contribution in [0.5, 0.6) is 5.75 Å². The van der Waals surface area contributed by atoms with Gasteiger partial charge in [0.05, 0.1) is 5.69 Å². The predicted molar refractivity (Wildman–Crippen MR) is 98.5 cm³/mol. The molecule has 0 aliphatic rings. The fourth-order valence-corrected chi connectivity index (χ4v) is 2.61. The third-order valence-corrected chi connectivity index (χ3v) is 8.17. The van der Waals surface area contributed by atoms with Crippen molar-refractivity contribution in [2.45, 2.75) is 65.3 Å². The minimum absolute atomic E-state index is 0.0902. The molecular weight excluding hydrogens is 308 g/mol. The van der Waals surface area contributed by atoms with Crippen molar-refractivity contribution in [2.24, 2.45) is 0 Å². The van der Waals surface area contributed by atoms with Crippen LogP contribution in [-0.2, 0) is 4.74 Å². The number of nitrogens with one attached hydrogen (secondary N) is 1. The van der Waals surface area contributed by atoms with Crippen LogP contribution in [0.1, 0.15) is 41.5 Å². The highest BCUT2D eigenvalue weighted by Crippen LogP contribution is 2.39. The fourth-order valence-electron chi connectivity index (χ4n) is 1.57. The van der Waals surface area contributed by atoms with Gasteiger partial charge in [0.1, 0.15) is 11.4 Å². The molecule has 0 aromatic heterocycles. The molecule has 1 rings (SSSR count). The quantitative estimate of drug-likeness (QED) is 0.601. The Hall–Kier alpha value is -1.69. The summed E-state index contributed by atoms with van der Waals surface area (Å²) in [5.74, 6) is 0.659. The maximum atomic E-state index is 11.8. The summed E-state index contributed by atoms with van der Waals surface area (Å²) in [7, 11) is -1.95. The van der Waals surface area contributed by atoms with Gasteiger partial charge in [-0.25, -0.2) is 4.79 Å². The molecular formula is C17H30N2O3Si. The lowest BCUT2D eigenvalue weighted by atomic mass is 10.2. The van der Waals surface area contributed by atoms with Crippen molar-refractivity contribution in [1.29, 1.82) is 0 Å². The summed E-state index contributed by atoms with van der Waals surface area (Å²) in [4.78, 5) is 11.8. The lowest BCUT2D eigenvalue weighted by molar-refractivity contribution is 0.0636. The number of ether oxygens (including phenoxy) is 1. The molecule has 0 bridgehead atoms. The molecule has 6 heteroatoms. The Morgan fingerprint density at radius 2 is 1.70 bits per heavy atom. The van der Waals surface area contributed by atoms with Gasteiger partial charge in [0.25, 0.3) is 8.32 Å². The minimum Gasteiger partial charge on any atom is -0.542 e. The number of rotatable bonds is 3. The molecule has 0 saturated heterocycles. The molecule has 5 nitrogen and oxygen atoms in total. The summed E-state index contributed by atoms with van der Waals surface area (Å²) >= 11 is 0. The van der Waals surface area contributed by atoms with Crippen molar-refractivity contribution in [1.82, 2.24) is 0 Å². The van der Waals surface area contributed by atoms with E-state index in [0.29, 0.717) is 17.1 Å². The zero-order chi connectivity index (χ0) is 18.1. The van der Waals surface area contributed by atoms with Crippen LogP contribution < -0.4 is 15.5 Å². The van der Waals surface area contributed by atoms with Crippen molar-refractivity contribution in [3.05, 3.63) is 18.2 Å². The molecule has 130 valence electrons. The van der Waals surface area contributed by atoms with Crippen LogP contribution in [0, 0.1) is 0 Å². The van der Waals surface area contributed by atoms with E-state index < -0.39 is 20.0 Å². The van der Waals surface area contributed by atoms with Crippen LogP contribution in [0.15, 0.2) is 18.2 Å². The van der Waals surface area contributed by atoms with Crippen molar-refractivity contribution in [3.8, 4) is 5.75 Å². The number of hydrogen-bond donors (Lipinski definition) is 2. The molecule has 1 amide bonds. The Morgan fingerprint density at radius 3 is 2.13 bits per heavy atom. The van der Waals surface area contributed by atoms with E-state index in [2.05, 4.69) is 39.2 Å². The van der Waals surface area contributed by atoms with Crippen LogP contribution in [-0.4, -0.2) is 20.0 Å². The summed E-state index contributed by atoms with van der Waals surface area (Å²) in [5.41, 5.74) is 6.63. The van der Waals surface area contributed by atoms with E-state index in [1.165, 1.54) is 0 Å². The zero-order valence-corrected chi connectivity index (χ0v) is 16.5. The highest BCUT2D eigenvalue weighted by atomic mass is 28.4. The maximum Gasteiger partial charge on any atom is 0.412 e. The Bertz CT molecular complexity index is 572. The van der Waals surface area contributed by atoms with Gasteiger partial charge < -0.3 is 14.9 Å². The number of anilines is 2. The van der Waals surface area contributed by atoms with E-state index in [4.69, 9.17) is 14.9 Å². The Labute approximate surface area is 140 Å². The molecule has 0 unspecified atom stereocenters. The standard InChI is InChI=1S/C17H30N2O3Si/c1-16(2,3)21-15(20)19-12-9-10-14(13(18)11-12)22-23(7,8)17(4,5)6/h9-11H,18H2,1-8H3,(H,19,20). The SMILES string of the molecule is CC(C)(C)OC(=O)Nc1ccc(O[Si](C)(C)C(C)(C)C)c(N)c1. The molecule has 0 atom stereocenters. The first kappa shape index (κ1) is 19.4. The van der Waals surface area contributed by atoms with Crippen molar-refractivity contribution in [2.75, 3.05) is 11.1 Å². The van der Waals surface area contributed by atoms with Crippen LogP contribution in [0.2, 0.25) is 18.1 Å². The molecule has 0 saturated carbocycles. The van der Waals surface area contributed by atoms with E-state index in [1.54, 1.807) is 18.2 Å². The highest BCUT2D eigenvalue weighted by Gasteiger charge is 2.39. The van der Waals surface area contributed by atoms with E-state index >= 15 is 0 Å².